The zero-order valence-corrected chi connectivity index (χ0v) is 34.3. The van der Waals surface area contributed by atoms with Gasteiger partial charge in [-0.1, -0.05) is 160 Å². The summed E-state index contributed by atoms with van der Waals surface area (Å²) in [6.45, 7) is 4.82. The van der Waals surface area contributed by atoms with Crippen LogP contribution in [0.3, 0.4) is 0 Å². The van der Waals surface area contributed by atoms with Crippen molar-refractivity contribution in [1.29, 1.82) is 0 Å². The molecule has 0 aromatic rings. The van der Waals surface area contributed by atoms with Crippen LogP contribution in [0.2, 0.25) is 0 Å². The summed E-state index contributed by atoms with van der Waals surface area (Å²) >= 11 is 0. The molecule has 1 amide bonds. The van der Waals surface area contributed by atoms with Crippen LogP contribution in [0.25, 0.3) is 0 Å². The second-order valence-corrected chi connectivity index (χ2v) is 16.8. The van der Waals surface area contributed by atoms with Crippen LogP contribution in [0.15, 0.2) is 24.3 Å². The number of allylic oxidation sites excluding steroid dienone is 4. The number of unbranched alkanes of at least 4 members (excludes halogenated alkanes) is 20. The van der Waals surface area contributed by atoms with Gasteiger partial charge in [0.25, 0.3) is 0 Å². The predicted octanol–water partition coefficient (Wildman–Crippen LogP) is 11.0. The Hall–Kier alpha value is -1.02. The fourth-order valence-corrected chi connectivity index (χ4v) is 6.56. The molecule has 0 aromatic carbocycles. The van der Waals surface area contributed by atoms with Crippen LogP contribution in [0.5, 0.6) is 0 Å². The maximum atomic E-state index is 12.8. The fourth-order valence-electron chi connectivity index (χ4n) is 5.83. The lowest BCUT2D eigenvalue weighted by molar-refractivity contribution is -0.870. The summed E-state index contributed by atoms with van der Waals surface area (Å²) in [6.07, 6.45) is 37.6. The van der Waals surface area contributed by atoms with Gasteiger partial charge in [-0.15, -0.1) is 0 Å². The van der Waals surface area contributed by atoms with Crippen molar-refractivity contribution in [3.05, 3.63) is 24.3 Å². The van der Waals surface area contributed by atoms with Crippen molar-refractivity contribution in [1.82, 2.24) is 5.32 Å². The lowest BCUT2D eigenvalue weighted by Crippen LogP contribution is -2.46. The first-order chi connectivity index (χ1) is 24.0. The Morgan fingerprint density at radius 2 is 1.16 bits per heavy atom. The minimum absolute atomic E-state index is 0.0721. The topological polar surface area (TPSA) is 105 Å². The Balaban J connectivity index is 4.45. The van der Waals surface area contributed by atoms with Crippen molar-refractivity contribution in [3.63, 3.8) is 0 Å². The van der Waals surface area contributed by atoms with Crippen molar-refractivity contribution >= 4 is 13.7 Å². The highest BCUT2D eigenvalue weighted by Crippen LogP contribution is 2.43. The minimum Gasteiger partial charge on any atom is -0.391 e. The molecule has 296 valence electrons. The number of nitrogens with one attached hydrogen (secondary N) is 1. The molecule has 0 bridgehead atoms. The van der Waals surface area contributed by atoms with Gasteiger partial charge in [-0.2, -0.15) is 0 Å². The number of aliphatic hydroxyl groups excluding tert-OH is 1. The van der Waals surface area contributed by atoms with Crippen molar-refractivity contribution < 1.29 is 32.9 Å². The third-order valence-corrected chi connectivity index (χ3v) is 10.2. The number of amides is 1. The van der Waals surface area contributed by atoms with E-state index < -0.39 is 20.0 Å². The number of carbonyl (C=O) groups excluding carboxylic acids is 1. The number of carbonyl (C=O) groups is 1. The summed E-state index contributed by atoms with van der Waals surface area (Å²) in [4.78, 5) is 23.1. The van der Waals surface area contributed by atoms with Crippen LogP contribution in [0.1, 0.15) is 181 Å². The molecule has 3 atom stereocenters. The highest BCUT2D eigenvalue weighted by molar-refractivity contribution is 7.47. The van der Waals surface area contributed by atoms with E-state index >= 15 is 0 Å². The average molecular weight is 730 g/mol. The summed E-state index contributed by atoms with van der Waals surface area (Å²) in [5.74, 6) is -0.160. The van der Waals surface area contributed by atoms with E-state index in [0.717, 1.165) is 64.2 Å². The molecular formula is C41H82N2O6P+. The summed E-state index contributed by atoms with van der Waals surface area (Å²) in [6, 6.07) is -0.764. The highest BCUT2D eigenvalue weighted by Gasteiger charge is 2.28. The predicted molar refractivity (Wildman–Crippen MR) is 212 cm³/mol. The maximum Gasteiger partial charge on any atom is 0.472 e. The van der Waals surface area contributed by atoms with Gasteiger partial charge >= 0.3 is 7.82 Å². The second kappa shape index (κ2) is 33.8. The van der Waals surface area contributed by atoms with Crippen LogP contribution < -0.4 is 5.32 Å². The van der Waals surface area contributed by atoms with Crippen LogP contribution in [-0.2, 0) is 18.4 Å². The first kappa shape index (κ1) is 49.0. The van der Waals surface area contributed by atoms with Crippen LogP contribution in [0.4, 0.5) is 0 Å². The summed E-state index contributed by atoms with van der Waals surface area (Å²) in [5.41, 5.74) is 0. The number of hydrogen-bond acceptors (Lipinski definition) is 5. The Kier molecular flexibility index (Phi) is 33.1. The standard InChI is InChI=1S/C41H81N2O6P/c1-6-8-10-12-14-16-18-20-22-24-26-28-30-32-34-40(44)39(38-49-50(46,47)48-37-36-43(3,4)5)42-41(45)35-33-31-29-27-25-23-21-19-17-15-13-11-9-7-2/h13,15,19,21,39-40,44H,6-12,14,16-18,20,22-38H2,1-5H3,(H-,42,45,46,47)/p+1/b15-13-,21-19-. The average Bonchev–Trinajstić information content (AvgIpc) is 3.06. The first-order valence-corrected chi connectivity index (χ1v) is 22.2. The van der Waals surface area contributed by atoms with Gasteiger partial charge in [0.05, 0.1) is 39.9 Å². The molecule has 0 aliphatic rings. The Labute approximate surface area is 309 Å². The van der Waals surface area contributed by atoms with E-state index in [1.165, 1.54) is 89.9 Å². The quantitative estimate of drug-likeness (QED) is 0.0254. The van der Waals surface area contributed by atoms with Gasteiger partial charge in [-0.05, 0) is 38.5 Å². The molecule has 3 N–H and O–H groups in total. The molecule has 0 aliphatic heterocycles. The van der Waals surface area contributed by atoms with Crippen LogP contribution in [0, 0.1) is 0 Å². The molecule has 0 spiro atoms. The Morgan fingerprint density at radius 1 is 0.680 bits per heavy atom. The number of nitrogens with zero attached hydrogens (tertiary/aromatic N) is 1. The SMILES string of the molecule is CCCC/C=C\C/C=C\CCCCCCCC(=O)NC(COP(=O)(O)OCC[N+](C)(C)C)C(O)CCCCCCCCCCCCCCCC. The third-order valence-electron chi connectivity index (χ3n) is 9.20. The molecule has 0 aliphatic carbocycles. The number of aliphatic hydroxyl groups is 1. The lowest BCUT2D eigenvalue weighted by atomic mass is 10.0. The molecule has 9 heteroatoms. The highest BCUT2D eigenvalue weighted by atomic mass is 31.2. The number of hydrogen-bond donors (Lipinski definition) is 3. The number of rotatable bonds is 37. The van der Waals surface area contributed by atoms with E-state index in [2.05, 4.69) is 43.5 Å². The molecule has 0 saturated heterocycles. The summed E-state index contributed by atoms with van der Waals surface area (Å²) in [7, 11) is 1.60. The minimum atomic E-state index is -4.31. The molecule has 0 saturated carbocycles. The molecule has 50 heavy (non-hydrogen) atoms. The van der Waals surface area contributed by atoms with E-state index in [9.17, 15) is 19.4 Å². The van der Waals surface area contributed by atoms with Crippen LogP contribution in [-0.4, -0.2) is 73.4 Å². The lowest BCUT2D eigenvalue weighted by Gasteiger charge is -2.26. The maximum absolute atomic E-state index is 12.8. The Bertz CT molecular complexity index is 876. The molecule has 8 nitrogen and oxygen atoms in total. The van der Waals surface area contributed by atoms with Gasteiger partial charge < -0.3 is 19.8 Å². The third kappa shape index (κ3) is 35.4. The smallest absolute Gasteiger partial charge is 0.391 e. The van der Waals surface area contributed by atoms with Crippen molar-refractivity contribution in [2.45, 2.75) is 193 Å². The van der Waals surface area contributed by atoms with E-state index in [4.69, 9.17) is 9.05 Å². The van der Waals surface area contributed by atoms with Gasteiger partial charge in [0.2, 0.25) is 5.91 Å². The van der Waals surface area contributed by atoms with Crippen molar-refractivity contribution in [3.8, 4) is 0 Å². The van der Waals surface area contributed by atoms with Gasteiger partial charge in [-0.3, -0.25) is 13.8 Å². The van der Waals surface area contributed by atoms with Gasteiger partial charge in [0.1, 0.15) is 13.2 Å². The van der Waals surface area contributed by atoms with Gasteiger partial charge in [-0.25, -0.2) is 4.57 Å². The van der Waals surface area contributed by atoms with E-state index in [1.54, 1.807) is 0 Å². The molecule has 0 fully saturated rings. The number of quaternary nitrogens is 1. The zero-order chi connectivity index (χ0) is 37.2. The molecule has 3 unspecified atom stereocenters. The largest absolute Gasteiger partial charge is 0.472 e. The fraction of sp³-hybridized carbons (Fsp3) is 0.878. The molecule has 0 radical (unpaired) electrons. The van der Waals surface area contributed by atoms with E-state index in [1.807, 2.05) is 21.1 Å². The molecule has 0 aromatic heterocycles. The molecule has 0 heterocycles. The number of phosphoric ester groups is 1. The van der Waals surface area contributed by atoms with Crippen LogP contribution >= 0.6 is 7.82 Å². The Morgan fingerprint density at radius 3 is 1.70 bits per heavy atom. The number of phosphoric acid groups is 1. The molecular weight excluding hydrogens is 647 g/mol. The zero-order valence-electron chi connectivity index (χ0n) is 33.4. The monoisotopic (exact) mass is 730 g/mol. The van der Waals surface area contributed by atoms with E-state index in [0.29, 0.717) is 23.9 Å². The molecule has 0 rings (SSSR count). The second-order valence-electron chi connectivity index (χ2n) is 15.4. The summed E-state index contributed by atoms with van der Waals surface area (Å²) in [5, 5.41) is 13.9. The van der Waals surface area contributed by atoms with Gasteiger partial charge in [0.15, 0.2) is 0 Å². The first-order valence-electron chi connectivity index (χ1n) is 20.7. The summed E-state index contributed by atoms with van der Waals surface area (Å²) < 4.78 is 23.6. The normalized spacial score (nSPS) is 14.8. The van der Waals surface area contributed by atoms with Crippen molar-refractivity contribution in [2.24, 2.45) is 0 Å². The van der Waals surface area contributed by atoms with Crippen molar-refractivity contribution in [2.75, 3.05) is 40.9 Å². The van der Waals surface area contributed by atoms with Gasteiger partial charge in [0, 0.05) is 6.42 Å². The number of likely N-dealkylation sites (N-methyl/N-ethyl adjacent to an activating group) is 1. The van der Waals surface area contributed by atoms with E-state index in [-0.39, 0.29) is 19.1 Å².